The summed E-state index contributed by atoms with van der Waals surface area (Å²) in [7, 11) is 0. The quantitative estimate of drug-likeness (QED) is 0.923. The minimum atomic E-state index is 0.308. The highest BCUT2D eigenvalue weighted by molar-refractivity contribution is 7.13. The van der Waals surface area contributed by atoms with E-state index in [1.54, 1.807) is 11.3 Å². The van der Waals surface area contributed by atoms with E-state index in [0.29, 0.717) is 6.04 Å². The minimum Gasteiger partial charge on any atom is -0.355 e. The molecule has 4 nitrogen and oxygen atoms in total. The monoisotopic (exact) mass is 263 g/mol. The molecular formula is C13H17N3OS. The van der Waals surface area contributed by atoms with Crippen LogP contribution in [0, 0.1) is 0 Å². The molecule has 1 fully saturated rings. The van der Waals surface area contributed by atoms with Crippen LogP contribution in [0.2, 0.25) is 0 Å². The maximum Gasteiger partial charge on any atom is 0.177 e. The third-order valence-electron chi connectivity index (χ3n) is 3.25. The number of rotatable bonds is 3. The van der Waals surface area contributed by atoms with E-state index in [2.05, 4.69) is 10.1 Å². The molecule has 1 aliphatic rings. The Kier molecular flexibility index (Phi) is 3.45. The van der Waals surface area contributed by atoms with Gasteiger partial charge < -0.3 is 10.3 Å². The molecular weight excluding hydrogens is 246 g/mol. The predicted molar refractivity (Wildman–Crippen MR) is 72.3 cm³/mol. The van der Waals surface area contributed by atoms with Crippen molar-refractivity contribution in [2.45, 2.75) is 25.4 Å². The second-order valence-electron chi connectivity index (χ2n) is 4.80. The topological polar surface area (TPSA) is 55.3 Å². The van der Waals surface area contributed by atoms with Gasteiger partial charge in [-0.05, 0) is 30.8 Å². The summed E-state index contributed by atoms with van der Waals surface area (Å²) < 4.78 is 5.38. The number of thiophene rings is 1. The van der Waals surface area contributed by atoms with Crippen molar-refractivity contribution in [2.24, 2.45) is 5.73 Å². The SMILES string of the molecule is N[C@@H]1CCCN(Cc2cc(-c3cccs3)on2)C1. The fourth-order valence-electron chi connectivity index (χ4n) is 2.39. The first kappa shape index (κ1) is 11.9. The number of nitrogens with zero attached hydrogens (tertiary/aromatic N) is 2. The fourth-order valence-corrected chi connectivity index (χ4v) is 3.06. The van der Waals surface area contributed by atoms with Gasteiger partial charge in [-0.1, -0.05) is 11.2 Å². The number of hydrogen-bond acceptors (Lipinski definition) is 5. The Morgan fingerprint density at radius 1 is 1.56 bits per heavy atom. The van der Waals surface area contributed by atoms with E-state index in [1.165, 1.54) is 6.42 Å². The van der Waals surface area contributed by atoms with Crippen molar-refractivity contribution in [1.29, 1.82) is 0 Å². The molecule has 1 saturated heterocycles. The number of piperidine rings is 1. The van der Waals surface area contributed by atoms with Crippen LogP contribution in [-0.4, -0.2) is 29.2 Å². The molecule has 5 heteroatoms. The largest absolute Gasteiger partial charge is 0.355 e. The first-order chi connectivity index (χ1) is 8.81. The second kappa shape index (κ2) is 5.22. The number of nitrogens with two attached hydrogens (primary N) is 1. The first-order valence-electron chi connectivity index (χ1n) is 6.28. The fraction of sp³-hybridized carbons (Fsp3) is 0.462. The van der Waals surface area contributed by atoms with Gasteiger partial charge in [0.2, 0.25) is 0 Å². The van der Waals surface area contributed by atoms with Crippen molar-refractivity contribution in [3.8, 4) is 10.6 Å². The molecule has 2 aromatic rings. The highest BCUT2D eigenvalue weighted by Gasteiger charge is 2.18. The van der Waals surface area contributed by atoms with Crippen LogP contribution in [0.15, 0.2) is 28.1 Å². The normalized spacial score (nSPS) is 21.3. The Morgan fingerprint density at radius 2 is 2.50 bits per heavy atom. The lowest BCUT2D eigenvalue weighted by atomic mass is 10.1. The van der Waals surface area contributed by atoms with Gasteiger partial charge >= 0.3 is 0 Å². The van der Waals surface area contributed by atoms with Gasteiger partial charge in [0.1, 0.15) is 0 Å². The molecule has 0 spiro atoms. The predicted octanol–water partition coefficient (Wildman–Crippen LogP) is 2.33. The highest BCUT2D eigenvalue weighted by Crippen LogP contribution is 2.25. The van der Waals surface area contributed by atoms with E-state index in [-0.39, 0.29) is 0 Å². The van der Waals surface area contributed by atoms with Crippen LogP contribution in [0.3, 0.4) is 0 Å². The van der Waals surface area contributed by atoms with E-state index < -0.39 is 0 Å². The molecule has 0 unspecified atom stereocenters. The Bertz CT molecular complexity index is 494. The third-order valence-corrected chi connectivity index (χ3v) is 4.13. The summed E-state index contributed by atoms with van der Waals surface area (Å²) >= 11 is 1.67. The third kappa shape index (κ3) is 2.63. The zero-order valence-corrected chi connectivity index (χ0v) is 11.0. The van der Waals surface area contributed by atoms with E-state index >= 15 is 0 Å². The van der Waals surface area contributed by atoms with Crippen molar-refractivity contribution in [1.82, 2.24) is 10.1 Å². The molecule has 0 saturated carbocycles. The Balaban J connectivity index is 1.66. The number of likely N-dealkylation sites (tertiary alicyclic amines) is 1. The van der Waals surface area contributed by atoms with Gasteiger partial charge in [-0.15, -0.1) is 11.3 Å². The van der Waals surface area contributed by atoms with E-state index in [9.17, 15) is 0 Å². The number of hydrogen-bond donors (Lipinski definition) is 1. The average molecular weight is 263 g/mol. The van der Waals surface area contributed by atoms with Crippen molar-refractivity contribution >= 4 is 11.3 Å². The van der Waals surface area contributed by atoms with Crippen LogP contribution in [0.1, 0.15) is 18.5 Å². The van der Waals surface area contributed by atoms with Crippen LogP contribution in [0.4, 0.5) is 0 Å². The summed E-state index contributed by atoms with van der Waals surface area (Å²) in [5.41, 5.74) is 6.97. The van der Waals surface area contributed by atoms with Gasteiger partial charge in [-0.25, -0.2) is 0 Å². The molecule has 0 radical (unpaired) electrons. The summed E-state index contributed by atoms with van der Waals surface area (Å²) in [6.45, 7) is 2.90. The van der Waals surface area contributed by atoms with E-state index in [1.807, 2.05) is 23.6 Å². The molecule has 3 rings (SSSR count). The molecule has 0 aliphatic carbocycles. The molecule has 0 bridgehead atoms. The van der Waals surface area contributed by atoms with Crippen molar-refractivity contribution in [3.63, 3.8) is 0 Å². The summed E-state index contributed by atoms with van der Waals surface area (Å²) in [6, 6.07) is 6.41. The summed E-state index contributed by atoms with van der Waals surface area (Å²) in [5.74, 6) is 0.862. The highest BCUT2D eigenvalue weighted by atomic mass is 32.1. The molecule has 2 aromatic heterocycles. The lowest BCUT2D eigenvalue weighted by Gasteiger charge is -2.29. The van der Waals surface area contributed by atoms with Crippen LogP contribution < -0.4 is 5.73 Å². The molecule has 0 aromatic carbocycles. The van der Waals surface area contributed by atoms with E-state index in [4.69, 9.17) is 10.3 Å². The molecule has 3 heterocycles. The maximum atomic E-state index is 5.98. The van der Waals surface area contributed by atoms with Crippen LogP contribution in [-0.2, 0) is 6.54 Å². The Labute approximate surface area is 110 Å². The van der Waals surface area contributed by atoms with Crippen molar-refractivity contribution < 1.29 is 4.52 Å². The average Bonchev–Trinajstić information content (AvgIpc) is 2.98. The van der Waals surface area contributed by atoms with Crippen molar-refractivity contribution in [2.75, 3.05) is 13.1 Å². The van der Waals surface area contributed by atoms with Crippen LogP contribution >= 0.6 is 11.3 Å². The molecule has 1 atom stereocenters. The standard InChI is InChI=1S/C13H17N3OS/c14-10-3-1-5-16(8-10)9-11-7-12(17-15-11)13-4-2-6-18-13/h2,4,6-7,10H,1,3,5,8-9,14H2/t10-/m1/s1. The van der Waals surface area contributed by atoms with Gasteiger partial charge in [-0.2, -0.15) is 0 Å². The summed E-state index contributed by atoms with van der Waals surface area (Å²) in [5, 5.41) is 6.18. The van der Waals surface area contributed by atoms with E-state index in [0.717, 1.165) is 42.4 Å². The van der Waals surface area contributed by atoms with Gasteiger partial charge in [0.25, 0.3) is 0 Å². The van der Waals surface area contributed by atoms with Crippen LogP contribution in [0.5, 0.6) is 0 Å². The smallest absolute Gasteiger partial charge is 0.177 e. The first-order valence-corrected chi connectivity index (χ1v) is 7.16. The zero-order chi connectivity index (χ0) is 12.4. The zero-order valence-electron chi connectivity index (χ0n) is 10.2. The molecule has 0 amide bonds. The van der Waals surface area contributed by atoms with Gasteiger partial charge in [-0.3, -0.25) is 4.90 Å². The molecule has 96 valence electrons. The van der Waals surface area contributed by atoms with Gasteiger partial charge in [0.15, 0.2) is 5.76 Å². The number of aromatic nitrogens is 1. The lowest BCUT2D eigenvalue weighted by Crippen LogP contribution is -2.42. The summed E-state index contributed by atoms with van der Waals surface area (Å²) in [6.07, 6.45) is 2.31. The lowest BCUT2D eigenvalue weighted by molar-refractivity contribution is 0.196. The van der Waals surface area contributed by atoms with Gasteiger partial charge in [0, 0.05) is 25.2 Å². The Morgan fingerprint density at radius 3 is 3.28 bits per heavy atom. The van der Waals surface area contributed by atoms with Crippen LogP contribution in [0.25, 0.3) is 10.6 Å². The van der Waals surface area contributed by atoms with Gasteiger partial charge in [0.05, 0.1) is 10.6 Å². The second-order valence-corrected chi connectivity index (χ2v) is 5.74. The summed E-state index contributed by atoms with van der Waals surface area (Å²) in [4.78, 5) is 3.48. The molecule has 1 aliphatic heterocycles. The maximum absolute atomic E-state index is 5.98. The Hall–Kier alpha value is -1.17. The molecule has 18 heavy (non-hydrogen) atoms. The van der Waals surface area contributed by atoms with Crippen molar-refractivity contribution in [3.05, 3.63) is 29.3 Å². The minimum absolute atomic E-state index is 0.308. The molecule has 2 N–H and O–H groups in total.